The molecule has 1 unspecified atom stereocenters. The fraction of sp³-hybridized carbons (Fsp3) is 0.824. The molecule has 2 fully saturated rings. The Bertz CT molecular complexity index is 461. The minimum atomic E-state index is -0.281. The first kappa shape index (κ1) is 18.5. The van der Waals surface area contributed by atoms with Crippen molar-refractivity contribution in [2.24, 2.45) is 5.92 Å². The molecule has 1 N–H and O–H groups in total. The number of piperidine rings is 1. The Balaban J connectivity index is 1.80. The van der Waals surface area contributed by atoms with Gasteiger partial charge in [-0.05, 0) is 26.2 Å². The maximum atomic E-state index is 12.3. The van der Waals surface area contributed by atoms with E-state index in [1.54, 1.807) is 11.8 Å². The minimum absolute atomic E-state index is 0.0109. The Labute approximate surface area is 143 Å². The van der Waals surface area contributed by atoms with Crippen LogP contribution >= 0.6 is 0 Å². The quantitative estimate of drug-likeness (QED) is 0.741. The van der Waals surface area contributed by atoms with Gasteiger partial charge in [-0.2, -0.15) is 0 Å². The van der Waals surface area contributed by atoms with Gasteiger partial charge in [0, 0.05) is 38.6 Å². The molecule has 7 nitrogen and oxygen atoms in total. The molecule has 0 aromatic heterocycles. The molecule has 3 amide bonds. The van der Waals surface area contributed by atoms with Gasteiger partial charge in [-0.25, -0.2) is 4.79 Å². The second-order valence-corrected chi connectivity index (χ2v) is 6.51. The molecule has 0 spiro atoms. The van der Waals surface area contributed by atoms with Crippen LogP contribution in [-0.4, -0.2) is 66.5 Å². The number of carbonyl (C=O) groups excluding carboxylic acids is 3. The van der Waals surface area contributed by atoms with Crippen LogP contribution in [0.4, 0.5) is 4.79 Å². The third-order valence-corrected chi connectivity index (χ3v) is 4.79. The molecule has 2 heterocycles. The number of amides is 3. The number of hydrogen-bond acceptors (Lipinski definition) is 4. The summed E-state index contributed by atoms with van der Waals surface area (Å²) in [5.41, 5.74) is 0. The van der Waals surface area contributed by atoms with Gasteiger partial charge in [-0.1, -0.05) is 13.3 Å². The Morgan fingerprint density at radius 2 is 1.96 bits per heavy atom. The predicted molar refractivity (Wildman–Crippen MR) is 89.4 cm³/mol. The van der Waals surface area contributed by atoms with Crippen LogP contribution < -0.4 is 5.32 Å². The lowest BCUT2D eigenvalue weighted by molar-refractivity contribution is -0.131. The number of unbranched alkanes of at least 4 members (excludes halogenated alkanes) is 1. The number of rotatable bonds is 6. The molecule has 0 bridgehead atoms. The molecule has 136 valence electrons. The van der Waals surface area contributed by atoms with Crippen molar-refractivity contribution in [3.63, 3.8) is 0 Å². The standard InChI is InChI=1S/C17H29N3O4/c1-3-5-8-18-16(22)13-11-15(21)20(12-13)14-6-9-19(10-7-14)17(23)24-4-2/h13-14H,3-12H2,1-2H3,(H,18,22). The summed E-state index contributed by atoms with van der Waals surface area (Å²) in [7, 11) is 0. The lowest BCUT2D eigenvalue weighted by Gasteiger charge is -2.36. The van der Waals surface area contributed by atoms with E-state index in [1.807, 2.05) is 4.90 Å². The summed E-state index contributed by atoms with van der Waals surface area (Å²) in [5, 5.41) is 2.92. The van der Waals surface area contributed by atoms with Crippen molar-refractivity contribution in [1.29, 1.82) is 0 Å². The molecule has 2 aliphatic rings. The van der Waals surface area contributed by atoms with Crippen molar-refractivity contribution in [3.8, 4) is 0 Å². The zero-order valence-electron chi connectivity index (χ0n) is 14.8. The third-order valence-electron chi connectivity index (χ3n) is 4.79. The Morgan fingerprint density at radius 1 is 1.25 bits per heavy atom. The molecular weight excluding hydrogens is 310 g/mol. The van der Waals surface area contributed by atoms with E-state index in [9.17, 15) is 14.4 Å². The molecule has 2 saturated heterocycles. The lowest BCUT2D eigenvalue weighted by atomic mass is 10.0. The zero-order valence-corrected chi connectivity index (χ0v) is 14.8. The molecule has 0 saturated carbocycles. The second-order valence-electron chi connectivity index (χ2n) is 6.51. The van der Waals surface area contributed by atoms with Gasteiger partial charge in [-0.3, -0.25) is 9.59 Å². The van der Waals surface area contributed by atoms with Gasteiger partial charge in [0.05, 0.1) is 12.5 Å². The van der Waals surface area contributed by atoms with Gasteiger partial charge in [0.15, 0.2) is 0 Å². The molecule has 7 heteroatoms. The Kier molecular flexibility index (Phi) is 6.87. The number of ether oxygens (including phenoxy) is 1. The Morgan fingerprint density at radius 3 is 2.58 bits per heavy atom. The van der Waals surface area contributed by atoms with Gasteiger partial charge in [-0.15, -0.1) is 0 Å². The molecule has 2 rings (SSSR count). The first-order chi connectivity index (χ1) is 11.6. The van der Waals surface area contributed by atoms with Crippen molar-refractivity contribution in [2.75, 3.05) is 32.8 Å². The molecule has 2 aliphatic heterocycles. The molecular formula is C17H29N3O4. The van der Waals surface area contributed by atoms with Gasteiger partial charge in [0.2, 0.25) is 11.8 Å². The van der Waals surface area contributed by atoms with Crippen molar-refractivity contribution >= 4 is 17.9 Å². The van der Waals surface area contributed by atoms with Crippen molar-refractivity contribution in [3.05, 3.63) is 0 Å². The third kappa shape index (κ3) is 4.61. The van der Waals surface area contributed by atoms with Crippen LogP contribution in [0.25, 0.3) is 0 Å². The monoisotopic (exact) mass is 339 g/mol. The van der Waals surface area contributed by atoms with E-state index < -0.39 is 0 Å². The van der Waals surface area contributed by atoms with Gasteiger partial charge >= 0.3 is 6.09 Å². The van der Waals surface area contributed by atoms with E-state index in [0.717, 1.165) is 25.7 Å². The number of nitrogens with zero attached hydrogens (tertiary/aromatic N) is 2. The van der Waals surface area contributed by atoms with E-state index in [4.69, 9.17) is 4.74 Å². The average Bonchev–Trinajstić information content (AvgIpc) is 2.97. The maximum absolute atomic E-state index is 12.3. The highest BCUT2D eigenvalue weighted by molar-refractivity contribution is 5.89. The summed E-state index contributed by atoms with van der Waals surface area (Å²) in [6.07, 6.45) is 3.51. The summed E-state index contributed by atoms with van der Waals surface area (Å²) in [6, 6.07) is 0.122. The normalized spacial score (nSPS) is 21.9. The van der Waals surface area contributed by atoms with Crippen molar-refractivity contribution < 1.29 is 19.1 Å². The number of likely N-dealkylation sites (tertiary alicyclic amines) is 2. The smallest absolute Gasteiger partial charge is 0.409 e. The maximum Gasteiger partial charge on any atom is 0.409 e. The van der Waals surface area contributed by atoms with Crippen molar-refractivity contribution in [1.82, 2.24) is 15.1 Å². The fourth-order valence-corrected chi connectivity index (χ4v) is 3.37. The van der Waals surface area contributed by atoms with E-state index >= 15 is 0 Å². The molecule has 1 atom stereocenters. The van der Waals surface area contributed by atoms with Crippen LogP contribution in [0.1, 0.15) is 46.0 Å². The van der Waals surface area contributed by atoms with Crippen LogP contribution in [0.3, 0.4) is 0 Å². The van der Waals surface area contributed by atoms with Crippen LogP contribution in [0.15, 0.2) is 0 Å². The van der Waals surface area contributed by atoms with E-state index in [-0.39, 0.29) is 29.9 Å². The predicted octanol–water partition coefficient (Wildman–Crippen LogP) is 1.37. The molecule has 0 radical (unpaired) electrons. The van der Waals surface area contributed by atoms with Crippen LogP contribution in [0.5, 0.6) is 0 Å². The average molecular weight is 339 g/mol. The number of nitrogens with one attached hydrogen (secondary N) is 1. The summed E-state index contributed by atoms with van der Waals surface area (Å²) in [5.74, 6) is -0.194. The lowest BCUT2D eigenvalue weighted by Crippen LogP contribution is -2.47. The second kappa shape index (κ2) is 8.89. The largest absolute Gasteiger partial charge is 0.450 e. The summed E-state index contributed by atoms with van der Waals surface area (Å²) >= 11 is 0. The topological polar surface area (TPSA) is 79.0 Å². The molecule has 0 aliphatic carbocycles. The first-order valence-corrected chi connectivity index (χ1v) is 9.05. The van der Waals surface area contributed by atoms with Crippen LogP contribution in [-0.2, 0) is 14.3 Å². The van der Waals surface area contributed by atoms with Crippen LogP contribution in [0.2, 0.25) is 0 Å². The SMILES string of the molecule is CCCCNC(=O)C1CC(=O)N(C2CCN(C(=O)OCC)CC2)C1. The van der Waals surface area contributed by atoms with E-state index in [0.29, 0.717) is 39.2 Å². The molecule has 24 heavy (non-hydrogen) atoms. The highest BCUT2D eigenvalue weighted by Gasteiger charge is 2.39. The van der Waals surface area contributed by atoms with Gasteiger partial charge in [0.1, 0.15) is 0 Å². The first-order valence-electron chi connectivity index (χ1n) is 9.05. The van der Waals surface area contributed by atoms with Crippen LogP contribution in [0, 0.1) is 5.92 Å². The van der Waals surface area contributed by atoms with Gasteiger partial charge < -0.3 is 19.9 Å². The Hall–Kier alpha value is -1.79. The summed E-state index contributed by atoms with van der Waals surface area (Å²) in [6.45, 7) is 6.62. The summed E-state index contributed by atoms with van der Waals surface area (Å²) < 4.78 is 5.01. The van der Waals surface area contributed by atoms with E-state index in [1.165, 1.54) is 0 Å². The molecule has 0 aromatic rings. The minimum Gasteiger partial charge on any atom is -0.450 e. The highest BCUT2D eigenvalue weighted by atomic mass is 16.6. The number of hydrogen-bond donors (Lipinski definition) is 1. The number of carbonyl (C=O) groups is 3. The highest BCUT2D eigenvalue weighted by Crippen LogP contribution is 2.26. The fourth-order valence-electron chi connectivity index (χ4n) is 3.37. The van der Waals surface area contributed by atoms with E-state index in [2.05, 4.69) is 12.2 Å². The zero-order chi connectivity index (χ0) is 17.5. The van der Waals surface area contributed by atoms with Gasteiger partial charge in [0.25, 0.3) is 0 Å². The van der Waals surface area contributed by atoms with Crippen molar-refractivity contribution in [2.45, 2.75) is 52.0 Å². The molecule has 0 aromatic carbocycles. The summed E-state index contributed by atoms with van der Waals surface area (Å²) in [4.78, 5) is 39.7.